The molecule has 0 radical (unpaired) electrons. The standard InChI is InChI=1S/C27H28N2O3/c1-26(2)17-27(13-14-31-26)29-23(21-9-6-10-24(30-3)25(21)32-27)16-22(28-29)20-12-11-18-7-4-5-8-19(18)15-20/h4-12,15,23H,13-14,16-17H2,1-3H3/t23-,27+/m0/s1. The Morgan fingerprint density at radius 1 is 1.03 bits per heavy atom. The van der Waals surface area contributed by atoms with Crippen molar-refractivity contribution < 1.29 is 14.2 Å². The van der Waals surface area contributed by atoms with Crippen molar-refractivity contribution in [3.8, 4) is 11.5 Å². The number of methoxy groups -OCH3 is 1. The molecule has 1 saturated heterocycles. The smallest absolute Gasteiger partial charge is 0.203 e. The summed E-state index contributed by atoms with van der Waals surface area (Å²) in [7, 11) is 1.71. The van der Waals surface area contributed by atoms with Crippen LogP contribution in [0.15, 0.2) is 65.8 Å². The Balaban J connectivity index is 1.48. The van der Waals surface area contributed by atoms with Gasteiger partial charge in [0.1, 0.15) is 0 Å². The zero-order valence-electron chi connectivity index (χ0n) is 18.8. The normalized spacial score (nSPS) is 25.8. The van der Waals surface area contributed by atoms with E-state index in [2.05, 4.69) is 67.4 Å². The van der Waals surface area contributed by atoms with Crippen LogP contribution >= 0.6 is 0 Å². The second-order valence-electron chi connectivity index (χ2n) is 9.63. The van der Waals surface area contributed by atoms with Crippen LogP contribution in [0.2, 0.25) is 0 Å². The number of para-hydroxylation sites is 1. The molecule has 0 unspecified atom stereocenters. The van der Waals surface area contributed by atoms with Gasteiger partial charge in [0.05, 0.1) is 31.1 Å². The molecule has 0 aliphatic carbocycles. The van der Waals surface area contributed by atoms with Crippen molar-refractivity contribution in [1.82, 2.24) is 5.01 Å². The largest absolute Gasteiger partial charge is 0.493 e. The first-order valence-corrected chi connectivity index (χ1v) is 11.3. The summed E-state index contributed by atoms with van der Waals surface area (Å²) in [6.07, 6.45) is 2.34. The quantitative estimate of drug-likeness (QED) is 0.527. The molecule has 0 bridgehead atoms. The maximum Gasteiger partial charge on any atom is 0.203 e. The van der Waals surface area contributed by atoms with Crippen LogP contribution in [-0.4, -0.2) is 35.8 Å². The Morgan fingerprint density at radius 3 is 2.69 bits per heavy atom. The van der Waals surface area contributed by atoms with Crippen LogP contribution in [0.5, 0.6) is 11.5 Å². The number of rotatable bonds is 2. The zero-order chi connectivity index (χ0) is 21.9. The number of fused-ring (bicyclic) bond motifs is 5. The highest BCUT2D eigenvalue weighted by molar-refractivity contribution is 6.04. The number of ether oxygens (including phenoxy) is 3. The lowest BCUT2D eigenvalue weighted by Gasteiger charge is -2.52. The van der Waals surface area contributed by atoms with E-state index < -0.39 is 5.72 Å². The first-order valence-electron chi connectivity index (χ1n) is 11.3. The fourth-order valence-electron chi connectivity index (χ4n) is 5.55. The minimum atomic E-state index is -0.549. The summed E-state index contributed by atoms with van der Waals surface area (Å²) in [4.78, 5) is 0. The van der Waals surface area contributed by atoms with E-state index in [1.54, 1.807) is 7.11 Å². The van der Waals surface area contributed by atoms with E-state index in [1.807, 2.05) is 12.1 Å². The van der Waals surface area contributed by atoms with Crippen LogP contribution in [0, 0.1) is 0 Å². The molecule has 0 aromatic heterocycles. The number of nitrogens with zero attached hydrogens (tertiary/aromatic N) is 2. The Hall–Kier alpha value is -3.05. The summed E-state index contributed by atoms with van der Waals surface area (Å²) < 4.78 is 18.6. The Labute approximate surface area is 188 Å². The fourth-order valence-corrected chi connectivity index (χ4v) is 5.55. The van der Waals surface area contributed by atoms with Gasteiger partial charge in [0.2, 0.25) is 5.72 Å². The fraction of sp³-hybridized carbons (Fsp3) is 0.370. The summed E-state index contributed by atoms with van der Waals surface area (Å²) >= 11 is 0. The summed E-state index contributed by atoms with van der Waals surface area (Å²) in [6, 6.07) is 21.4. The molecule has 1 fully saturated rings. The molecule has 2 atom stereocenters. The highest BCUT2D eigenvalue weighted by Crippen LogP contribution is 2.54. The molecule has 0 amide bonds. The van der Waals surface area contributed by atoms with Gasteiger partial charge in [0.25, 0.3) is 0 Å². The lowest BCUT2D eigenvalue weighted by atomic mass is 9.86. The van der Waals surface area contributed by atoms with Crippen molar-refractivity contribution in [2.45, 2.75) is 50.5 Å². The molecule has 0 saturated carbocycles. The number of hydrazone groups is 1. The summed E-state index contributed by atoms with van der Waals surface area (Å²) in [5.41, 5.74) is 2.57. The van der Waals surface area contributed by atoms with E-state index in [0.29, 0.717) is 6.61 Å². The molecule has 3 aliphatic heterocycles. The van der Waals surface area contributed by atoms with Gasteiger partial charge in [-0.2, -0.15) is 5.10 Å². The van der Waals surface area contributed by atoms with Gasteiger partial charge in [-0.05, 0) is 42.3 Å². The zero-order valence-corrected chi connectivity index (χ0v) is 18.8. The minimum absolute atomic E-state index is 0.115. The van der Waals surface area contributed by atoms with Crippen LogP contribution in [0.3, 0.4) is 0 Å². The van der Waals surface area contributed by atoms with Crippen molar-refractivity contribution in [2.24, 2.45) is 5.10 Å². The van der Waals surface area contributed by atoms with Gasteiger partial charge >= 0.3 is 0 Å². The maximum absolute atomic E-state index is 6.80. The van der Waals surface area contributed by atoms with Crippen LogP contribution in [0.1, 0.15) is 50.3 Å². The monoisotopic (exact) mass is 428 g/mol. The van der Waals surface area contributed by atoms with Crippen molar-refractivity contribution in [3.05, 3.63) is 71.8 Å². The molecule has 0 N–H and O–H groups in total. The predicted octanol–water partition coefficient (Wildman–Crippen LogP) is 5.68. The number of hydrogen-bond acceptors (Lipinski definition) is 5. The third-order valence-corrected chi connectivity index (χ3v) is 6.98. The van der Waals surface area contributed by atoms with Crippen LogP contribution in [-0.2, 0) is 4.74 Å². The predicted molar refractivity (Wildman–Crippen MR) is 125 cm³/mol. The average molecular weight is 429 g/mol. The lowest BCUT2D eigenvalue weighted by molar-refractivity contribution is -0.212. The number of hydrogen-bond donors (Lipinski definition) is 0. The highest BCUT2D eigenvalue weighted by Gasteiger charge is 2.55. The lowest BCUT2D eigenvalue weighted by Crippen LogP contribution is -2.60. The summed E-state index contributed by atoms with van der Waals surface area (Å²) in [5.74, 6) is 1.63. The van der Waals surface area contributed by atoms with Crippen molar-refractivity contribution >= 4 is 16.5 Å². The molecule has 3 aromatic carbocycles. The van der Waals surface area contributed by atoms with E-state index in [-0.39, 0.29) is 11.6 Å². The SMILES string of the molecule is COc1cccc2c1O[C@@]1(CCOC(C)(C)C1)N1N=C(c3ccc4ccccc4c3)C[C@@H]21. The van der Waals surface area contributed by atoms with Gasteiger partial charge in [0.15, 0.2) is 11.5 Å². The Kier molecular flexibility index (Phi) is 4.28. The molecule has 164 valence electrons. The first kappa shape index (κ1) is 19.6. The molecule has 32 heavy (non-hydrogen) atoms. The molecule has 3 heterocycles. The van der Waals surface area contributed by atoms with E-state index >= 15 is 0 Å². The van der Waals surface area contributed by atoms with Crippen molar-refractivity contribution in [1.29, 1.82) is 0 Å². The van der Waals surface area contributed by atoms with Gasteiger partial charge in [-0.15, -0.1) is 0 Å². The minimum Gasteiger partial charge on any atom is -0.493 e. The van der Waals surface area contributed by atoms with Gasteiger partial charge in [0, 0.05) is 24.8 Å². The average Bonchev–Trinajstić information content (AvgIpc) is 3.25. The Bertz CT molecular complexity index is 1230. The molecule has 5 nitrogen and oxygen atoms in total. The first-order chi connectivity index (χ1) is 15.5. The van der Waals surface area contributed by atoms with Crippen molar-refractivity contribution in [3.63, 3.8) is 0 Å². The topological polar surface area (TPSA) is 43.3 Å². The maximum atomic E-state index is 6.80. The third kappa shape index (κ3) is 2.99. The summed E-state index contributed by atoms with van der Waals surface area (Å²) in [5, 5.41) is 9.92. The summed E-state index contributed by atoms with van der Waals surface area (Å²) in [6.45, 7) is 4.91. The van der Waals surface area contributed by atoms with Crippen molar-refractivity contribution in [2.75, 3.05) is 13.7 Å². The number of benzene rings is 3. The van der Waals surface area contributed by atoms with Crippen LogP contribution in [0.4, 0.5) is 0 Å². The third-order valence-electron chi connectivity index (χ3n) is 6.98. The second-order valence-corrected chi connectivity index (χ2v) is 9.63. The van der Waals surface area contributed by atoms with E-state index in [1.165, 1.54) is 16.3 Å². The van der Waals surface area contributed by atoms with Crippen LogP contribution < -0.4 is 9.47 Å². The van der Waals surface area contributed by atoms with E-state index in [4.69, 9.17) is 19.3 Å². The van der Waals surface area contributed by atoms with Gasteiger partial charge in [-0.3, -0.25) is 0 Å². The molecule has 1 spiro atoms. The molecular weight excluding hydrogens is 400 g/mol. The molecule has 6 rings (SSSR count). The second kappa shape index (κ2) is 6.97. The van der Waals surface area contributed by atoms with Gasteiger partial charge < -0.3 is 14.2 Å². The van der Waals surface area contributed by atoms with Gasteiger partial charge in [-0.25, -0.2) is 5.01 Å². The Morgan fingerprint density at radius 2 is 1.88 bits per heavy atom. The molecule has 3 aliphatic rings. The highest BCUT2D eigenvalue weighted by atomic mass is 16.6. The van der Waals surface area contributed by atoms with Crippen LogP contribution in [0.25, 0.3) is 10.8 Å². The molecular formula is C27H28N2O3. The molecule has 3 aromatic rings. The van der Waals surface area contributed by atoms with E-state index in [0.717, 1.165) is 42.0 Å². The van der Waals surface area contributed by atoms with E-state index in [9.17, 15) is 0 Å². The molecule has 5 heteroatoms. The van der Waals surface area contributed by atoms with Gasteiger partial charge in [-0.1, -0.05) is 48.5 Å².